The Hall–Kier alpha value is -0.860. The Morgan fingerprint density at radius 2 is 1.92 bits per heavy atom. The van der Waals surface area contributed by atoms with Crippen LogP contribution in [0, 0.1) is 0 Å². The first-order valence-electron chi connectivity index (χ1n) is 4.59. The Morgan fingerprint density at radius 1 is 1.31 bits per heavy atom. The lowest BCUT2D eigenvalue weighted by Gasteiger charge is -2.22. The molecule has 1 atom stereocenters. The molecule has 0 fully saturated rings. The van der Waals surface area contributed by atoms with Crippen molar-refractivity contribution in [1.82, 2.24) is 4.90 Å². The summed E-state index contributed by atoms with van der Waals surface area (Å²) in [5.74, 6) is 0. The zero-order valence-electron chi connectivity index (χ0n) is 8.27. The van der Waals surface area contributed by atoms with Crippen molar-refractivity contribution in [3.05, 3.63) is 35.9 Å². The molecule has 1 N–H and O–H groups in total. The minimum atomic E-state index is 0.212. The summed E-state index contributed by atoms with van der Waals surface area (Å²) in [5, 5.41) is 8.94. The van der Waals surface area contributed by atoms with Gasteiger partial charge in [0.1, 0.15) is 0 Å². The van der Waals surface area contributed by atoms with Crippen molar-refractivity contribution in [3.63, 3.8) is 0 Å². The third kappa shape index (κ3) is 3.17. The molecule has 1 aromatic rings. The first-order valence-corrected chi connectivity index (χ1v) is 4.59. The molecule has 0 bridgehead atoms. The lowest BCUT2D eigenvalue weighted by molar-refractivity contribution is 0.154. The van der Waals surface area contributed by atoms with Gasteiger partial charge in [-0.05, 0) is 19.5 Å². The van der Waals surface area contributed by atoms with Gasteiger partial charge >= 0.3 is 0 Å². The topological polar surface area (TPSA) is 23.5 Å². The SMILES string of the molecule is C[C@@H](CO)N(C)Cc1ccccc1. The Kier molecular flexibility index (Phi) is 3.93. The molecule has 72 valence electrons. The van der Waals surface area contributed by atoms with Gasteiger partial charge in [-0.1, -0.05) is 30.3 Å². The average Bonchev–Trinajstić information content (AvgIpc) is 2.18. The monoisotopic (exact) mass is 179 g/mol. The van der Waals surface area contributed by atoms with Crippen LogP contribution < -0.4 is 0 Å². The summed E-state index contributed by atoms with van der Waals surface area (Å²) in [6.45, 7) is 3.12. The number of hydrogen-bond donors (Lipinski definition) is 1. The highest BCUT2D eigenvalue weighted by Crippen LogP contribution is 2.04. The zero-order chi connectivity index (χ0) is 9.68. The summed E-state index contributed by atoms with van der Waals surface area (Å²) in [5.41, 5.74) is 1.28. The first-order chi connectivity index (χ1) is 6.24. The normalized spacial score (nSPS) is 13.2. The van der Waals surface area contributed by atoms with Crippen LogP contribution in [0.2, 0.25) is 0 Å². The standard InChI is InChI=1S/C11H17NO/c1-10(9-13)12(2)8-11-6-4-3-5-7-11/h3-7,10,13H,8-9H2,1-2H3/t10-/m0/s1. The largest absolute Gasteiger partial charge is 0.395 e. The summed E-state index contributed by atoms with van der Waals surface area (Å²) < 4.78 is 0. The second-order valence-corrected chi connectivity index (χ2v) is 3.43. The molecule has 1 aromatic carbocycles. The van der Waals surface area contributed by atoms with Gasteiger partial charge in [0.05, 0.1) is 6.61 Å². The number of nitrogens with zero attached hydrogens (tertiary/aromatic N) is 1. The molecule has 0 spiro atoms. The summed E-state index contributed by atoms with van der Waals surface area (Å²) in [6.07, 6.45) is 0. The van der Waals surface area contributed by atoms with Crippen molar-refractivity contribution in [2.75, 3.05) is 13.7 Å². The molecule has 0 saturated heterocycles. The lowest BCUT2D eigenvalue weighted by atomic mass is 10.2. The van der Waals surface area contributed by atoms with E-state index in [-0.39, 0.29) is 12.6 Å². The number of aliphatic hydroxyl groups is 1. The molecule has 0 amide bonds. The number of hydrogen-bond acceptors (Lipinski definition) is 2. The van der Waals surface area contributed by atoms with Gasteiger partial charge in [-0.3, -0.25) is 4.90 Å². The van der Waals surface area contributed by atoms with E-state index in [2.05, 4.69) is 17.0 Å². The smallest absolute Gasteiger partial charge is 0.0584 e. The van der Waals surface area contributed by atoms with Crippen LogP contribution in [-0.4, -0.2) is 29.7 Å². The van der Waals surface area contributed by atoms with Crippen LogP contribution in [0.1, 0.15) is 12.5 Å². The Bertz CT molecular complexity index is 235. The van der Waals surface area contributed by atoms with Gasteiger partial charge in [-0.2, -0.15) is 0 Å². The van der Waals surface area contributed by atoms with E-state index in [1.54, 1.807) is 0 Å². The van der Waals surface area contributed by atoms with Crippen molar-refractivity contribution in [1.29, 1.82) is 0 Å². The van der Waals surface area contributed by atoms with Gasteiger partial charge in [0, 0.05) is 12.6 Å². The molecule has 0 saturated carbocycles. The van der Waals surface area contributed by atoms with Crippen molar-refractivity contribution >= 4 is 0 Å². The molecular formula is C11H17NO. The van der Waals surface area contributed by atoms with Crippen molar-refractivity contribution in [2.45, 2.75) is 19.5 Å². The van der Waals surface area contributed by atoms with Gasteiger partial charge in [0.15, 0.2) is 0 Å². The van der Waals surface area contributed by atoms with E-state index < -0.39 is 0 Å². The van der Waals surface area contributed by atoms with E-state index in [9.17, 15) is 0 Å². The Labute approximate surface area is 79.8 Å². The van der Waals surface area contributed by atoms with Crippen LogP contribution in [-0.2, 0) is 6.54 Å². The molecule has 0 unspecified atom stereocenters. The fourth-order valence-corrected chi connectivity index (χ4v) is 1.17. The van der Waals surface area contributed by atoms with Crippen LogP contribution in [0.25, 0.3) is 0 Å². The van der Waals surface area contributed by atoms with Gasteiger partial charge in [-0.25, -0.2) is 0 Å². The summed E-state index contributed by atoms with van der Waals surface area (Å²) in [4.78, 5) is 2.13. The molecule has 0 aliphatic carbocycles. The van der Waals surface area contributed by atoms with Crippen LogP contribution in [0.4, 0.5) is 0 Å². The van der Waals surface area contributed by atoms with Crippen molar-refractivity contribution in [3.8, 4) is 0 Å². The predicted molar refractivity (Wildman–Crippen MR) is 54.5 cm³/mol. The fraction of sp³-hybridized carbons (Fsp3) is 0.455. The van der Waals surface area contributed by atoms with E-state index in [1.807, 2.05) is 32.2 Å². The third-order valence-corrected chi connectivity index (χ3v) is 2.29. The van der Waals surface area contributed by atoms with Gasteiger partial charge in [0.2, 0.25) is 0 Å². The highest BCUT2D eigenvalue weighted by Gasteiger charge is 2.06. The zero-order valence-corrected chi connectivity index (χ0v) is 8.27. The molecule has 2 nitrogen and oxygen atoms in total. The summed E-state index contributed by atoms with van der Waals surface area (Å²) in [7, 11) is 2.02. The minimum Gasteiger partial charge on any atom is -0.395 e. The average molecular weight is 179 g/mol. The fourth-order valence-electron chi connectivity index (χ4n) is 1.17. The van der Waals surface area contributed by atoms with Crippen LogP contribution >= 0.6 is 0 Å². The van der Waals surface area contributed by atoms with E-state index >= 15 is 0 Å². The van der Waals surface area contributed by atoms with E-state index in [0.717, 1.165) is 6.54 Å². The van der Waals surface area contributed by atoms with Crippen LogP contribution in [0.5, 0.6) is 0 Å². The molecule has 1 rings (SSSR count). The highest BCUT2D eigenvalue weighted by molar-refractivity contribution is 5.14. The maximum atomic E-state index is 8.94. The Morgan fingerprint density at radius 3 is 2.46 bits per heavy atom. The quantitative estimate of drug-likeness (QED) is 0.757. The van der Waals surface area contributed by atoms with E-state index in [0.29, 0.717) is 0 Å². The maximum Gasteiger partial charge on any atom is 0.0584 e. The van der Waals surface area contributed by atoms with Gasteiger partial charge < -0.3 is 5.11 Å². The molecule has 0 radical (unpaired) electrons. The molecular weight excluding hydrogens is 162 g/mol. The lowest BCUT2D eigenvalue weighted by Crippen LogP contribution is -2.31. The van der Waals surface area contributed by atoms with Gasteiger partial charge in [0.25, 0.3) is 0 Å². The molecule has 0 heterocycles. The second kappa shape index (κ2) is 5.00. The predicted octanol–water partition coefficient (Wildman–Crippen LogP) is 1.50. The van der Waals surface area contributed by atoms with Crippen molar-refractivity contribution in [2.24, 2.45) is 0 Å². The van der Waals surface area contributed by atoms with Crippen LogP contribution in [0.3, 0.4) is 0 Å². The number of aliphatic hydroxyl groups excluding tert-OH is 1. The number of benzene rings is 1. The van der Waals surface area contributed by atoms with E-state index in [4.69, 9.17) is 5.11 Å². The summed E-state index contributed by atoms with van der Waals surface area (Å²) >= 11 is 0. The minimum absolute atomic E-state index is 0.212. The first kappa shape index (κ1) is 10.2. The van der Waals surface area contributed by atoms with Crippen molar-refractivity contribution < 1.29 is 5.11 Å². The highest BCUT2D eigenvalue weighted by atomic mass is 16.3. The second-order valence-electron chi connectivity index (χ2n) is 3.43. The van der Waals surface area contributed by atoms with Crippen LogP contribution in [0.15, 0.2) is 30.3 Å². The third-order valence-electron chi connectivity index (χ3n) is 2.29. The number of rotatable bonds is 4. The Balaban J connectivity index is 2.50. The van der Waals surface area contributed by atoms with Gasteiger partial charge in [-0.15, -0.1) is 0 Å². The number of likely N-dealkylation sites (N-methyl/N-ethyl adjacent to an activating group) is 1. The summed E-state index contributed by atoms with van der Waals surface area (Å²) in [6, 6.07) is 10.5. The maximum absolute atomic E-state index is 8.94. The molecule has 0 aromatic heterocycles. The molecule has 13 heavy (non-hydrogen) atoms. The molecule has 0 aliphatic rings. The molecule has 2 heteroatoms. The molecule has 0 aliphatic heterocycles. The van der Waals surface area contributed by atoms with E-state index in [1.165, 1.54) is 5.56 Å².